The molecule has 1 aromatic rings. The second kappa shape index (κ2) is 15.0. The van der Waals surface area contributed by atoms with E-state index < -0.39 is 46.4 Å². The van der Waals surface area contributed by atoms with Gasteiger partial charge in [0.2, 0.25) is 0 Å². The second-order valence-electron chi connectivity index (χ2n) is 11.0. The van der Waals surface area contributed by atoms with E-state index >= 15 is 0 Å². The van der Waals surface area contributed by atoms with Crippen LogP contribution in [0.1, 0.15) is 54.0 Å². The van der Waals surface area contributed by atoms with Crippen LogP contribution in [0.4, 0.5) is 4.79 Å². The highest BCUT2D eigenvalue weighted by Gasteiger charge is 2.60. The van der Waals surface area contributed by atoms with E-state index in [0.29, 0.717) is 19.6 Å². The van der Waals surface area contributed by atoms with Crippen molar-refractivity contribution >= 4 is 30.0 Å². The minimum atomic E-state index is -1.43. The number of esters is 4. The van der Waals surface area contributed by atoms with Gasteiger partial charge in [-0.05, 0) is 54.0 Å². The fourth-order valence-corrected chi connectivity index (χ4v) is 4.49. The molecule has 2 fully saturated rings. The van der Waals surface area contributed by atoms with E-state index in [1.807, 2.05) is 35.2 Å². The Hall–Kier alpha value is -3.67. The highest BCUT2D eigenvalue weighted by molar-refractivity contribution is 6.03. The average molecular weight is 593 g/mol. The molecular weight excluding hydrogens is 548 g/mol. The molecule has 3 rings (SSSR count). The van der Waals surface area contributed by atoms with Crippen molar-refractivity contribution in [3.63, 3.8) is 0 Å². The Labute approximate surface area is 247 Å². The van der Waals surface area contributed by atoms with E-state index in [1.54, 1.807) is 48.5 Å². The number of nitrogens with zero attached hydrogens (tertiary/aromatic N) is 2. The van der Waals surface area contributed by atoms with Crippen LogP contribution in [-0.4, -0.2) is 98.0 Å². The normalized spacial score (nSPS) is 16.8. The average Bonchev–Trinajstić information content (AvgIpc) is 2.86. The molecule has 0 saturated carbocycles. The molecule has 2 aliphatic rings. The molecule has 2 heterocycles. The van der Waals surface area contributed by atoms with E-state index in [1.165, 1.54) is 4.90 Å². The Morgan fingerprint density at radius 2 is 1.05 bits per heavy atom. The lowest BCUT2D eigenvalue weighted by Gasteiger charge is -2.45. The molecule has 0 N–H and O–H groups in total. The molecule has 0 aromatic heterocycles. The summed E-state index contributed by atoms with van der Waals surface area (Å²) in [5.74, 6) is -2.29. The maximum absolute atomic E-state index is 12.1. The third kappa shape index (κ3) is 8.43. The van der Waals surface area contributed by atoms with Gasteiger partial charge in [0.05, 0.1) is 39.5 Å². The molecule has 2 saturated heterocycles. The third-order valence-corrected chi connectivity index (χ3v) is 6.47. The summed E-state index contributed by atoms with van der Waals surface area (Å²) in [7, 11) is 0. The van der Waals surface area contributed by atoms with Gasteiger partial charge >= 0.3 is 30.0 Å². The predicted molar refractivity (Wildman–Crippen MR) is 151 cm³/mol. The Balaban J connectivity index is 0.000000293. The van der Waals surface area contributed by atoms with Crippen molar-refractivity contribution in [2.45, 2.75) is 60.6 Å². The first kappa shape index (κ1) is 34.5. The zero-order chi connectivity index (χ0) is 31.6. The molecule has 234 valence electrons. The van der Waals surface area contributed by atoms with Gasteiger partial charge in [-0.2, -0.15) is 0 Å². The van der Waals surface area contributed by atoms with E-state index in [9.17, 15) is 24.0 Å². The van der Waals surface area contributed by atoms with Crippen LogP contribution < -0.4 is 0 Å². The molecule has 42 heavy (non-hydrogen) atoms. The zero-order valence-electron chi connectivity index (χ0n) is 25.7. The largest absolute Gasteiger partial charge is 0.465 e. The minimum Gasteiger partial charge on any atom is -0.465 e. The number of carbonyl (C=O) groups excluding carboxylic acids is 5. The number of rotatable bonds is 10. The molecular formula is C30H44N2O10. The molecule has 2 aliphatic heterocycles. The van der Waals surface area contributed by atoms with Crippen molar-refractivity contribution in [2.24, 2.45) is 10.8 Å². The maximum atomic E-state index is 12.1. The maximum Gasteiger partial charge on any atom is 0.410 e. The molecule has 0 spiro atoms. The molecule has 0 atom stereocenters. The number of hydrogen-bond acceptors (Lipinski definition) is 11. The monoisotopic (exact) mass is 592 g/mol. The first-order valence-corrected chi connectivity index (χ1v) is 14.2. The van der Waals surface area contributed by atoms with Crippen LogP contribution in [0.25, 0.3) is 0 Å². The van der Waals surface area contributed by atoms with Crippen LogP contribution in [0.3, 0.4) is 0 Å². The number of hydrogen-bond donors (Lipinski definition) is 0. The summed E-state index contributed by atoms with van der Waals surface area (Å²) in [6.07, 6.45) is -0.563. The standard InChI is InChI=1S/C16H21NO4.C14H23NO6/c1-3-20-14(18)16(15(19)21-4-2)11-17(12-16)10-13-8-6-5-7-9-13;1-6-19-10(16)14(11(17)20-7-2)8-15(9-14)12(18)21-13(3,4)5/h5-9H,3-4,10-12H2,1-2H3;6-9H2,1-5H3. The highest BCUT2D eigenvalue weighted by atomic mass is 16.6. The summed E-state index contributed by atoms with van der Waals surface area (Å²) in [5.41, 5.74) is -2.06. The summed E-state index contributed by atoms with van der Waals surface area (Å²) in [4.78, 5) is 63.5. The number of benzene rings is 1. The van der Waals surface area contributed by atoms with Gasteiger partial charge in [-0.15, -0.1) is 0 Å². The SMILES string of the molecule is CCOC(=O)C1(C(=O)OCC)CN(C(=O)OC(C)(C)C)C1.CCOC(=O)C1(C(=O)OCC)CN(Cc2ccccc2)C1. The first-order chi connectivity index (χ1) is 19.8. The van der Waals surface area contributed by atoms with Crippen LogP contribution in [0.5, 0.6) is 0 Å². The van der Waals surface area contributed by atoms with Crippen molar-refractivity contribution in [2.75, 3.05) is 52.6 Å². The lowest BCUT2D eigenvalue weighted by molar-refractivity contribution is -0.187. The second-order valence-corrected chi connectivity index (χ2v) is 11.0. The minimum absolute atomic E-state index is 0.0837. The van der Waals surface area contributed by atoms with Gasteiger partial charge < -0.3 is 28.6 Å². The Morgan fingerprint density at radius 1 is 0.667 bits per heavy atom. The summed E-state index contributed by atoms with van der Waals surface area (Å²) >= 11 is 0. The molecule has 0 radical (unpaired) electrons. The predicted octanol–water partition coefficient (Wildman–Crippen LogP) is 2.96. The topological polar surface area (TPSA) is 138 Å². The summed E-state index contributed by atoms with van der Waals surface area (Å²) in [5, 5.41) is 0. The Kier molecular flexibility index (Phi) is 12.3. The molecule has 1 amide bonds. The highest BCUT2D eigenvalue weighted by Crippen LogP contribution is 2.36. The first-order valence-electron chi connectivity index (χ1n) is 14.2. The van der Waals surface area contributed by atoms with Crippen LogP contribution in [0, 0.1) is 10.8 Å². The zero-order valence-corrected chi connectivity index (χ0v) is 25.7. The Morgan fingerprint density at radius 3 is 1.40 bits per heavy atom. The summed E-state index contributed by atoms with van der Waals surface area (Å²) in [6, 6.07) is 9.95. The third-order valence-electron chi connectivity index (χ3n) is 6.47. The van der Waals surface area contributed by atoms with Crippen molar-refractivity contribution in [1.29, 1.82) is 0 Å². The van der Waals surface area contributed by atoms with Crippen molar-refractivity contribution in [3.05, 3.63) is 35.9 Å². The molecule has 0 aliphatic carbocycles. The van der Waals surface area contributed by atoms with Gasteiger partial charge in [-0.3, -0.25) is 24.1 Å². The molecule has 12 nitrogen and oxygen atoms in total. The fourth-order valence-electron chi connectivity index (χ4n) is 4.49. The summed E-state index contributed by atoms with van der Waals surface area (Å²) in [6.45, 7) is 14.1. The molecule has 0 unspecified atom stereocenters. The Bertz CT molecular complexity index is 1050. The van der Waals surface area contributed by atoms with Gasteiger partial charge in [-0.25, -0.2) is 4.79 Å². The van der Waals surface area contributed by atoms with E-state index in [4.69, 9.17) is 23.7 Å². The quantitative estimate of drug-likeness (QED) is 0.225. The van der Waals surface area contributed by atoms with Crippen LogP contribution in [-0.2, 0) is 49.4 Å². The number of amides is 1. The van der Waals surface area contributed by atoms with Crippen LogP contribution >= 0.6 is 0 Å². The lowest BCUT2D eigenvalue weighted by Crippen LogP contribution is -2.67. The fraction of sp³-hybridized carbons (Fsp3) is 0.633. The van der Waals surface area contributed by atoms with Gasteiger partial charge in [0.25, 0.3) is 0 Å². The van der Waals surface area contributed by atoms with Crippen molar-refractivity contribution in [3.8, 4) is 0 Å². The number of carbonyl (C=O) groups is 5. The number of ether oxygens (including phenoxy) is 5. The van der Waals surface area contributed by atoms with Crippen LogP contribution in [0.2, 0.25) is 0 Å². The molecule has 12 heteroatoms. The van der Waals surface area contributed by atoms with Crippen LogP contribution in [0.15, 0.2) is 30.3 Å². The lowest BCUT2D eigenvalue weighted by atomic mass is 9.79. The molecule has 1 aromatic carbocycles. The van der Waals surface area contributed by atoms with Gasteiger partial charge in [0, 0.05) is 19.6 Å². The van der Waals surface area contributed by atoms with E-state index in [0.717, 1.165) is 5.56 Å². The van der Waals surface area contributed by atoms with Crippen molar-refractivity contribution < 1.29 is 47.7 Å². The van der Waals surface area contributed by atoms with Gasteiger partial charge in [-0.1, -0.05) is 30.3 Å². The van der Waals surface area contributed by atoms with Crippen molar-refractivity contribution in [1.82, 2.24) is 9.80 Å². The van der Waals surface area contributed by atoms with Gasteiger partial charge in [0.1, 0.15) is 5.60 Å². The molecule has 0 bridgehead atoms. The van der Waals surface area contributed by atoms with E-state index in [2.05, 4.69) is 0 Å². The van der Waals surface area contributed by atoms with Gasteiger partial charge in [0.15, 0.2) is 10.8 Å². The number of likely N-dealkylation sites (tertiary alicyclic amines) is 2. The summed E-state index contributed by atoms with van der Waals surface area (Å²) < 4.78 is 25.1. The smallest absolute Gasteiger partial charge is 0.410 e. The van der Waals surface area contributed by atoms with E-state index in [-0.39, 0.29) is 39.5 Å².